The lowest BCUT2D eigenvalue weighted by molar-refractivity contribution is 0.297. The maximum Gasteiger partial charge on any atom is 0.162 e. The summed E-state index contributed by atoms with van der Waals surface area (Å²) in [5, 5.41) is 0. The highest BCUT2D eigenvalue weighted by Gasteiger charge is 2.47. The van der Waals surface area contributed by atoms with E-state index in [2.05, 4.69) is 44.0 Å². The summed E-state index contributed by atoms with van der Waals surface area (Å²) in [7, 11) is 0. The third-order valence-electron chi connectivity index (χ3n) is 4.86. The Hall–Kier alpha value is -0.220. The molecule has 0 bridgehead atoms. The average molecular weight is 402 g/mol. The number of benzene rings is 1. The largest absolute Gasteiger partial charge is 0.490 e. The Morgan fingerprint density at radius 3 is 2.35 bits per heavy atom. The highest BCUT2D eigenvalue weighted by molar-refractivity contribution is 9.11. The molecule has 20 heavy (non-hydrogen) atoms. The molecule has 1 aromatic rings. The molecular weight excluding hydrogens is 384 g/mol. The minimum absolute atomic E-state index is 0.418. The molecule has 2 nitrogen and oxygen atoms in total. The molecule has 2 fully saturated rings. The number of hydrogen-bond acceptors (Lipinski definition) is 2. The molecule has 1 heterocycles. The highest BCUT2D eigenvalue weighted by atomic mass is 79.9. The Kier molecular flexibility index (Phi) is 3.50. The molecule has 0 saturated heterocycles. The zero-order valence-corrected chi connectivity index (χ0v) is 14.5. The van der Waals surface area contributed by atoms with Crippen LogP contribution in [-0.2, 0) is 0 Å². The number of rotatable bonds is 2. The molecule has 0 amide bonds. The quantitative estimate of drug-likeness (QED) is 0.642. The van der Waals surface area contributed by atoms with Gasteiger partial charge in [-0.2, -0.15) is 0 Å². The summed E-state index contributed by atoms with van der Waals surface area (Å²) < 4.78 is 12.7. The van der Waals surface area contributed by atoms with Gasteiger partial charge in [-0.1, -0.05) is 31.9 Å². The summed E-state index contributed by atoms with van der Waals surface area (Å²) in [5.41, 5.74) is 1.31. The molecule has 1 aromatic carbocycles. The number of ether oxygens (including phenoxy) is 2. The predicted octanol–water partition coefficient (Wildman–Crippen LogP) is 5.09. The summed E-state index contributed by atoms with van der Waals surface area (Å²) in [4.78, 5) is 0.418. The van der Waals surface area contributed by atoms with Crippen molar-refractivity contribution >= 4 is 31.9 Å². The van der Waals surface area contributed by atoms with Crippen molar-refractivity contribution in [2.75, 3.05) is 13.2 Å². The summed E-state index contributed by atoms with van der Waals surface area (Å²) >= 11 is 7.64. The van der Waals surface area contributed by atoms with Gasteiger partial charge in [0.15, 0.2) is 11.5 Å². The lowest BCUT2D eigenvalue weighted by atomic mass is 9.94. The van der Waals surface area contributed by atoms with Crippen LogP contribution in [-0.4, -0.2) is 13.2 Å². The number of hydrogen-bond donors (Lipinski definition) is 0. The van der Waals surface area contributed by atoms with Crippen LogP contribution in [0.15, 0.2) is 16.6 Å². The second kappa shape index (κ2) is 5.20. The van der Waals surface area contributed by atoms with Crippen LogP contribution in [0.25, 0.3) is 0 Å². The zero-order valence-electron chi connectivity index (χ0n) is 11.3. The molecule has 108 valence electrons. The van der Waals surface area contributed by atoms with Gasteiger partial charge in [0.05, 0.1) is 13.2 Å². The van der Waals surface area contributed by atoms with Crippen molar-refractivity contribution in [2.45, 2.75) is 30.5 Å². The lowest BCUT2D eigenvalue weighted by Crippen LogP contribution is -2.07. The van der Waals surface area contributed by atoms with E-state index in [1.165, 1.54) is 24.8 Å². The van der Waals surface area contributed by atoms with E-state index in [4.69, 9.17) is 9.47 Å². The van der Waals surface area contributed by atoms with Gasteiger partial charge in [-0.05, 0) is 54.7 Å². The van der Waals surface area contributed by atoms with Crippen LogP contribution in [0.4, 0.5) is 0 Å². The summed E-state index contributed by atoms with van der Waals surface area (Å²) in [6.45, 7) is 1.48. The van der Waals surface area contributed by atoms with E-state index in [0.29, 0.717) is 4.83 Å². The SMILES string of the molecule is Brc1cc2c(cc1C(Br)C1CC3CC3C1)OCCCO2. The van der Waals surface area contributed by atoms with Crippen molar-refractivity contribution in [3.05, 3.63) is 22.2 Å². The predicted molar refractivity (Wildman–Crippen MR) is 85.7 cm³/mol. The van der Waals surface area contributed by atoms with Gasteiger partial charge < -0.3 is 9.47 Å². The summed E-state index contributed by atoms with van der Waals surface area (Å²) in [6.07, 6.45) is 5.17. The molecule has 3 atom stereocenters. The van der Waals surface area contributed by atoms with Crippen LogP contribution in [0, 0.1) is 17.8 Å². The number of fused-ring (bicyclic) bond motifs is 2. The molecule has 1 aliphatic heterocycles. The van der Waals surface area contributed by atoms with Crippen molar-refractivity contribution in [1.29, 1.82) is 0 Å². The van der Waals surface area contributed by atoms with Gasteiger partial charge in [0.1, 0.15) is 0 Å². The van der Waals surface area contributed by atoms with Gasteiger partial charge in [-0.25, -0.2) is 0 Å². The van der Waals surface area contributed by atoms with Crippen molar-refractivity contribution in [3.8, 4) is 11.5 Å². The van der Waals surface area contributed by atoms with E-state index in [9.17, 15) is 0 Å². The van der Waals surface area contributed by atoms with E-state index < -0.39 is 0 Å². The normalized spacial score (nSPS) is 32.4. The second-order valence-electron chi connectivity index (χ2n) is 6.26. The first kappa shape index (κ1) is 13.4. The van der Waals surface area contributed by atoms with Gasteiger partial charge >= 0.3 is 0 Å². The van der Waals surface area contributed by atoms with Crippen molar-refractivity contribution in [1.82, 2.24) is 0 Å². The fraction of sp³-hybridized carbons (Fsp3) is 0.625. The Balaban J connectivity index is 1.61. The van der Waals surface area contributed by atoms with E-state index in [1.807, 2.05) is 0 Å². The number of halogens is 2. The van der Waals surface area contributed by atoms with Crippen LogP contribution in [0.3, 0.4) is 0 Å². The van der Waals surface area contributed by atoms with Crippen molar-refractivity contribution in [2.24, 2.45) is 17.8 Å². The summed E-state index contributed by atoms with van der Waals surface area (Å²) in [6, 6.07) is 4.23. The van der Waals surface area contributed by atoms with Crippen LogP contribution < -0.4 is 9.47 Å². The smallest absolute Gasteiger partial charge is 0.162 e. The fourth-order valence-corrected chi connectivity index (χ4v) is 5.35. The van der Waals surface area contributed by atoms with Crippen molar-refractivity contribution < 1.29 is 9.47 Å². The monoisotopic (exact) mass is 400 g/mol. The minimum Gasteiger partial charge on any atom is -0.490 e. The molecule has 2 aliphatic carbocycles. The van der Waals surface area contributed by atoms with Gasteiger partial charge in [-0.15, -0.1) is 0 Å². The van der Waals surface area contributed by atoms with E-state index in [-0.39, 0.29) is 0 Å². The first-order valence-corrected chi connectivity index (χ1v) is 9.16. The maximum absolute atomic E-state index is 5.82. The van der Waals surface area contributed by atoms with E-state index >= 15 is 0 Å². The minimum atomic E-state index is 0.418. The average Bonchev–Trinajstić information content (AvgIpc) is 3.12. The Labute approximate surface area is 136 Å². The fourth-order valence-electron chi connectivity index (χ4n) is 3.67. The molecule has 0 N–H and O–H groups in total. The first-order chi connectivity index (χ1) is 9.72. The van der Waals surface area contributed by atoms with Gasteiger partial charge in [-0.3, -0.25) is 0 Å². The highest BCUT2D eigenvalue weighted by Crippen LogP contribution is 2.59. The Morgan fingerprint density at radius 2 is 1.65 bits per heavy atom. The Morgan fingerprint density at radius 1 is 1.00 bits per heavy atom. The standard InChI is InChI=1S/C16H18Br2O2/c17-13-8-15-14(19-2-1-3-20-15)7-12(13)16(18)11-5-9-4-10(9)6-11/h7-11,16H,1-6H2. The third-order valence-corrected chi connectivity index (χ3v) is 6.79. The Bertz CT molecular complexity index is 521. The van der Waals surface area contributed by atoms with Gasteiger partial charge in [0, 0.05) is 15.7 Å². The lowest BCUT2D eigenvalue weighted by Gasteiger charge is -2.22. The maximum atomic E-state index is 5.82. The van der Waals surface area contributed by atoms with Crippen LogP contribution in [0.1, 0.15) is 36.1 Å². The van der Waals surface area contributed by atoms with Crippen LogP contribution in [0.2, 0.25) is 0 Å². The van der Waals surface area contributed by atoms with E-state index in [0.717, 1.165) is 53.4 Å². The first-order valence-electron chi connectivity index (χ1n) is 7.45. The van der Waals surface area contributed by atoms with Crippen molar-refractivity contribution in [3.63, 3.8) is 0 Å². The topological polar surface area (TPSA) is 18.5 Å². The molecular formula is C16H18Br2O2. The van der Waals surface area contributed by atoms with Gasteiger partial charge in [0.2, 0.25) is 0 Å². The zero-order chi connectivity index (χ0) is 13.7. The molecule has 0 spiro atoms. The molecule has 3 unspecified atom stereocenters. The molecule has 3 aliphatic rings. The third kappa shape index (κ3) is 2.39. The second-order valence-corrected chi connectivity index (χ2v) is 8.10. The van der Waals surface area contributed by atoms with E-state index in [1.54, 1.807) is 0 Å². The van der Waals surface area contributed by atoms with Crippen LogP contribution in [0.5, 0.6) is 11.5 Å². The molecule has 2 saturated carbocycles. The molecule has 4 rings (SSSR count). The van der Waals surface area contributed by atoms with Crippen LogP contribution >= 0.6 is 31.9 Å². The summed E-state index contributed by atoms with van der Waals surface area (Å²) in [5.74, 6) is 4.55. The number of alkyl halides is 1. The molecule has 0 radical (unpaired) electrons. The molecule has 0 aromatic heterocycles. The molecule has 4 heteroatoms. The van der Waals surface area contributed by atoms with Gasteiger partial charge in [0.25, 0.3) is 0 Å².